The molecule has 0 aromatic carbocycles. The predicted octanol–water partition coefficient (Wildman–Crippen LogP) is 2.05. The Hall–Kier alpha value is -3.14. The molecule has 1 aliphatic heterocycles. The van der Waals surface area contributed by atoms with Gasteiger partial charge in [-0.3, -0.25) is 4.79 Å². The first-order valence-electron chi connectivity index (χ1n) is 8.98. The summed E-state index contributed by atoms with van der Waals surface area (Å²) in [6.07, 6.45) is 0. The maximum Gasteiger partial charge on any atom is 0.267 e. The van der Waals surface area contributed by atoms with Crippen LogP contribution in [0, 0.1) is 13.8 Å². The number of aromatic nitrogens is 5. The minimum absolute atomic E-state index is 0.00318. The van der Waals surface area contributed by atoms with E-state index in [1.54, 1.807) is 0 Å². The molecule has 3 aromatic rings. The molecular weight excluding hydrogens is 376 g/mol. The number of anilines is 3. The lowest BCUT2D eigenvalue weighted by atomic mass is 10.2. The average Bonchev–Trinajstić information content (AvgIpc) is 3.14. The molecule has 0 spiro atoms. The second kappa shape index (κ2) is 7.85. The molecule has 9 nitrogen and oxygen atoms in total. The van der Waals surface area contributed by atoms with Crippen molar-refractivity contribution in [1.29, 1.82) is 0 Å². The summed E-state index contributed by atoms with van der Waals surface area (Å²) in [5.41, 5.74) is 1.63. The van der Waals surface area contributed by atoms with Gasteiger partial charge in [0.2, 0.25) is 0 Å². The fraction of sp³-hybridized carbons (Fsp3) is 0.333. The summed E-state index contributed by atoms with van der Waals surface area (Å²) >= 11 is 1.15. The highest BCUT2D eigenvalue weighted by molar-refractivity contribution is 7.07. The number of hydrogen-bond acceptors (Lipinski definition) is 9. The lowest BCUT2D eigenvalue weighted by Gasteiger charge is -2.34. The first-order chi connectivity index (χ1) is 13.6. The highest BCUT2D eigenvalue weighted by Crippen LogP contribution is 2.19. The van der Waals surface area contributed by atoms with E-state index in [0.29, 0.717) is 42.6 Å². The summed E-state index contributed by atoms with van der Waals surface area (Å²) in [5, 5.41) is 15.6. The normalized spacial score (nSPS) is 14.2. The number of nitrogens with one attached hydrogen (secondary N) is 1. The maximum atomic E-state index is 12.6. The van der Waals surface area contributed by atoms with Crippen molar-refractivity contribution in [2.24, 2.45) is 0 Å². The summed E-state index contributed by atoms with van der Waals surface area (Å²) < 4.78 is 3.85. The van der Waals surface area contributed by atoms with Crippen molar-refractivity contribution in [3.8, 4) is 0 Å². The van der Waals surface area contributed by atoms with Gasteiger partial charge in [0.05, 0.1) is 5.69 Å². The van der Waals surface area contributed by atoms with Crippen LogP contribution in [-0.4, -0.2) is 61.8 Å². The molecule has 1 fully saturated rings. The van der Waals surface area contributed by atoms with E-state index in [-0.39, 0.29) is 5.91 Å². The van der Waals surface area contributed by atoms with Crippen LogP contribution in [0.3, 0.4) is 0 Å². The Balaban J connectivity index is 1.36. The number of carbonyl (C=O) groups excluding carboxylic acids is 1. The molecule has 0 unspecified atom stereocenters. The quantitative estimate of drug-likeness (QED) is 0.715. The van der Waals surface area contributed by atoms with Crippen LogP contribution in [0.1, 0.15) is 21.1 Å². The van der Waals surface area contributed by atoms with Gasteiger partial charge in [0.15, 0.2) is 11.6 Å². The summed E-state index contributed by atoms with van der Waals surface area (Å²) in [6, 6.07) is 9.59. The number of rotatable bonds is 4. The highest BCUT2D eigenvalue weighted by Gasteiger charge is 2.25. The van der Waals surface area contributed by atoms with Crippen molar-refractivity contribution in [3.63, 3.8) is 0 Å². The van der Waals surface area contributed by atoms with Gasteiger partial charge in [-0.1, -0.05) is 10.6 Å². The van der Waals surface area contributed by atoms with Crippen LogP contribution in [0.15, 0.2) is 30.3 Å². The molecule has 4 rings (SSSR count). The van der Waals surface area contributed by atoms with E-state index in [0.717, 1.165) is 28.9 Å². The van der Waals surface area contributed by atoms with Crippen molar-refractivity contribution >= 4 is 34.9 Å². The third kappa shape index (κ3) is 3.91. The third-order valence-electron chi connectivity index (χ3n) is 4.53. The molecule has 0 aliphatic carbocycles. The van der Waals surface area contributed by atoms with Crippen LogP contribution < -0.4 is 10.2 Å². The molecule has 3 aromatic heterocycles. The predicted molar refractivity (Wildman–Crippen MR) is 107 cm³/mol. The second-order valence-electron chi connectivity index (χ2n) is 6.53. The molecule has 0 bridgehead atoms. The number of piperazine rings is 1. The summed E-state index contributed by atoms with van der Waals surface area (Å²) in [4.78, 5) is 21.5. The third-order valence-corrected chi connectivity index (χ3v) is 5.35. The minimum Gasteiger partial charge on any atom is -0.352 e. The van der Waals surface area contributed by atoms with E-state index < -0.39 is 0 Å². The van der Waals surface area contributed by atoms with E-state index in [1.165, 1.54) is 0 Å². The number of nitrogens with zero attached hydrogens (tertiary/aromatic N) is 7. The van der Waals surface area contributed by atoms with Gasteiger partial charge in [0.25, 0.3) is 5.91 Å². The summed E-state index contributed by atoms with van der Waals surface area (Å²) in [7, 11) is 0. The van der Waals surface area contributed by atoms with Crippen LogP contribution in [0.4, 0.5) is 17.5 Å². The van der Waals surface area contributed by atoms with Crippen molar-refractivity contribution in [2.45, 2.75) is 13.8 Å². The molecule has 1 saturated heterocycles. The lowest BCUT2D eigenvalue weighted by Crippen LogP contribution is -2.49. The molecule has 144 valence electrons. The van der Waals surface area contributed by atoms with Gasteiger partial charge in [0, 0.05) is 31.9 Å². The van der Waals surface area contributed by atoms with Gasteiger partial charge in [-0.15, -0.1) is 15.3 Å². The van der Waals surface area contributed by atoms with E-state index in [9.17, 15) is 4.79 Å². The molecule has 0 saturated carbocycles. The average molecular weight is 396 g/mol. The zero-order valence-corrected chi connectivity index (χ0v) is 16.5. The molecule has 1 amide bonds. The van der Waals surface area contributed by atoms with Crippen molar-refractivity contribution in [1.82, 2.24) is 29.7 Å². The standard InChI is InChI=1S/C18H20N8OS/c1-12-4-3-5-14(19-12)20-15-6-7-16(23-22-15)25-8-10-26(11-9-25)18(27)17-13(2)21-24-28-17/h3-7H,8-11H2,1-2H3,(H,19,20,22). The van der Waals surface area contributed by atoms with Crippen LogP contribution in [0.2, 0.25) is 0 Å². The fourth-order valence-corrected chi connectivity index (χ4v) is 3.64. The van der Waals surface area contributed by atoms with Crippen molar-refractivity contribution in [2.75, 3.05) is 36.4 Å². The smallest absolute Gasteiger partial charge is 0.267 e. The number of amides is 1. The second-order valence-corrected chi connectivity index (χ2v) is 7.29. The number of aryl methyl sites for hydroxylation is 2. The Kier molecular flexibility index (Phi) is 5.11. The molecular formula is C18H20N8OS. The zero-order chi connectivity index (χ0) is 19.5. The largest absolute Gasteiger partial charge is 0.352 e. The summed E-state index contributed by atoms with van der Waals surface area (Å²) in [5.74, 6) is 2.18. The Labute approximate surface area is 166 Å². The Morgan fingerprint density at radius 1 is 1.00 bits per heavy atom. The molecule has 1 aliphatic rings. The molecule has 1 N–H and O–H groups in total. The number of hydrogen-bond donors (Lipinski definition) is 1. The van der Waals surface area contributed by atoms with Gasteiger partial charge in [-0.25, -0.2) is 4.98 Å². The monoisotopic (exact) mass is 396 g/mol. The SMILES string of the molecule is Cc1cccc(Nc2ccc(N3CCN(C(=O)c4snnc4C)CC3)nn2)n1. The van der Waals surface area contributed by atoms with Gasteiger partial charge < -0.3 is 15.1 Å². The van der Waals surface area contributed by atoms with Crippen LogP contribution >= 0.6 is 11.5 Å². The molecule has 0 atom stereocenters. The first-order valence-corrected chi connectivity index (χ1v) is 9.75. The van der Waals surface area contributed by atoms with Gasteiger partial charge in [0.1, 0.15) is 10.7 Å². The first kappa shape index (κ1) is 18.2. The van der Waals surface area contributed by atoms with Crippen LogP contribution in [-0.2, 0) is 0 Å². The van der Waals surface area contributed by atoms with Gasteiger partial charge in [-0.2, -0.15) is 0 Å². The van der Waals surface area contributed by atoms with Crippen LogP contribution in [0.25, 0.3) is 0 Å². The number of pyridine rings is 1. The molecule has 10 heteroatoms. The van der Waals surface area contributed by atoms with Crippen molar-refractivity contribution in [3.05, 3.63) is 46.6 Å². The Bertz CT molecular complexity index is 966. The lowest BCUT2D eigenvalue weighted by molar-refractivity contribution is 0.0750. The summed E-state index contributed by atoms with van der Waals surface area (Å²) in [6.45, 7) is 6.42. The van der Waals surface area contributed by atoms with Crippen molar-refractivity contribution < 1.29 is 4.79 Å². The topological polar surface area (TPSA) is 100 Å². The van der Waals surface area contributed by atoms with Gasteiger partial charge in [-0.05, 0) is 49.6 Å². The van der Waals surface area contributed by atoms with Crippen LogP contribution in [0.5, 0.6) is 0 Å². The Morgan fingerprint density at radius 3 is 2.46 bits per heavy atom. The zero-order valence-electron chi connectivity index (χ0n) is 15.7. The molecule has 0 radical (unpaired) electrons. The highest BCUT2D eigenvalue weighted by atomic mass is 32.1. The number of carbonyl (C=O) groups is 1. The van der Waals surface area contributed by atoms with E-state index in [2.05, 4.69) is 35.0 Å². The van der Waals surface area contributed by atoms with E-state index in [1.807, 2.05) is 49.1 Å². The molecule has 4 heterocycles. The van der Waals surface area contributed by atoms with E-state index >= 15 is 0 Å². The Morgan fingerprint density at radius 2 is 1.82 bits per heavy atom. The minimum atomic E-state index is 0.00318. The maximum absolute atomic E-state index is 12.6. The van der Waals surface area contributed by atoms with Gasteiger partial charge >= 0.3 is 0 Å². The fourth-order valence-electron chi connectivity index (χ4n) is 3.01. The molecule has 28 heavy (non-hydrogen) atoms. The van der Waals surface area contributed by atoms with E-state index in [4.69, 9.17) is 0 Å².